The lowest BCUT2D eigenvalue weighted by molar-refractivity contribution is 0.313. The number of nitrogens with one attached hydrogen (secondary N) is 1. The van der Waals surface area contributed by atoms with E-state index in [9.17, 15) is 4.39 Å². The Labute approximate surface area is 138 Å². The first-order valence-electron chi connectivity index (χ1n) is 7.15. The lowest BCUT2D eigenvalue weighted by Gasteiger charge is -2.16. The molecule has 24 heavy (non-hydrogen) atoms. The van der Waals surface area contributed by atoms with Crippen molar-refractivity contribution in [3.05, 3.63) is 42.3 Å². The van der Waals surface area contributed by atoms with Crippen LogP contribution in [0.3, 0.4) is 0 Å². The molecular formula is C17H16FN3O3. The van der Waals surface area contributed by atoms with Crippen LogP contribution in [-0.4, -0.2) is 31.3 Å². The summed E-state index contributed by atoms with van der Waals surface area (Å²) in [6.07, 6.45) is 1.53. The van der Waals surface area contributed by atoms with Crippen molar-refractivity contribution >= 4 is 22.5 Å². The molecule has 1 heterocycles. The van der Waals surface area contributed by atoms with Gasteiger partial charge < -0.3 is 19.5 Å². The quantitative estimate of drug-likeness (QED) is 0.772. The molecule has 0 aliphatic rings. The van der Waals surface area contributed by atoms with E-state index in [0.29, 0.717) is 17.1 Å². The van der Waals surface area contributed by atoms with E-state index in [2.05, 4.69) is 15.3 Å². The van der Waals surface area contributed by atoms with E-state index >= 15 is 0 Å². The summed E-state index contributed by atoms with van der Waals surface area (Å²) in [4.78, 5) is 8.70. The highest BCUT2D eigenvalue weighted by atomic mass is 19.1. The van der Waals surface area contributed by atoms with Gasteiger partial charge in [-0.15, -0.1) is 0 Å². The van der Waals surface area contributed by atoms with Crippen LogP contribution in [0.1, 0.15) is 0 Å². The Hall–Kier alpha value is -3.09. The minimum Gasteiger partial charge on any atom is -0.493 e. The lowest BCUT2D eigenvalue weighted by atomic mass is 10.2. The Balaban J connectivity index is 2.04. The monoisotopic (exact) mass is 329 g/mol. The smallest absolute Gasteiger partial charge is 0.206 e. The molecule has 0 unspecified atom stereocenters. The van der Waals surface area contributed by atoms with Gasteiger partial charge in [0.1, 0.15) is 5.82 Å². The van der Waals surface area contributed by atoms with Gasteiger partial charge in [-0.3, -0.25) is 4.98 Å². The Bertz CT molecular complexity index is 886. The van der Waals surface area contributed by atoms with Gasteiger partial charge in [0.15, 0.2) is 11.6 Å². The predicted octanol–water partition coefficient (Wildman–Crippen LogP) is 3.54. The minimum atomic E-state index is -0.606. The molecule has 3 rings (SSSR count). The summed E-state index contributed by atoms with van der Waals surface area (Å²) in [6, 6.07) is 8.91. The molecule has 6 nitrogen and oxygen atoms in total. The summed E-state index contributed by atoms with van der Waals surface area (Å²) in [5, 5.41) is 2.90. The molecule has 0 saturated heterocycles. The topological polar surface area (TPSA) is 65.5 Å². The second-order valence-corrected chi connectivity index (χ2v) is 4.88. The summed E-state index contributed by atoms with van der Waals surface area (Å²) in [7, 11) is 4.25. The fraction of sp³-hybridized carbons (Fsp3) is 0.176. The van der Waals surface area contributed by atoms with Crippen LogP contribution in [0.25, 0.3) is 11.0 Å². The number of rotatable bonds is 5. The number of fused-ring (bicyclic) bond motifs is 1. The van der Waals surface area contributed by atoms with E-state index < -0.39 is 5.82 Å². The Morgan fingerprint density at radius 3 is 2.33 bits per heavy atom. The summed E-state index contributed by atoms with van der Waals surface area (Å²) in [5.74, 6) is 0.278. The second-order valence-electron chi connectivity index (χ2n) is 4.88. The maximum atomic E-state index is 14.7. The average molecular weight is 329 g/mol. The number of ether oxygens (including phenoxy) is 3. The maximum Gasteiger partial charge on any atom is 0.206 e. The molecule has 0 radical (unpaired) electrons. The zero-order valence-electron chi connectivity index (χ0n) is 13.5. The zero-order valence-corrected chi connectivity index (χ0v) is 13.5. The van der Waals surface area contributed by atoms with Crippen molar-refractivity contribution in [2.45, 2.75) is 0 Å². The number of anilines is 2. The number of hydrogen-bond donors (Lipinski definition) is 1. The minimum absolute atomic E-state index is 0.0481. The van der Waals surface area contributed by atoms with E-state index in [4.69, 9.17) is 14.2 Å². The molecule has 0 amide bonds. The number of benzene rings is 2. The van der Waals surface area contributed by atoms with Crippen LogP contribution in [0.2, 0.25) is 0 Å². The van der Waals surface area contributed by atoms with Gasteiger partial charge in [0.25, 0.3) is 0 Å². The van der Waals surface area contributed by atoms with Gasteiger partial charge in [-0.2, -0.15) is 0 Å². The van der Waals surface area contributed by atoms with Crippen LogP contribution >= 0.6 is 0 Å². The summed E-state index contributed by atoms with van der Waals surface area (Å²) < 4.78 is 30.2. The SMILES string of the molecule is COc1cc(Nc2cnc3ccccc3n2)c(F)c(OC)c1OC. The van der Waals surface area contributed by atoms with E-state index in [-0.39, 0.29) is 17.2 Å². The summed E-state index contributed by atoms with van der Waals surface area (Å²) in [6.45, 7) is 0. The first kappa shape index (κ1) is 15.8. The highest BCUT2D eigenvalue weighted by Crippen LogP contribution is 2.43. The van der Waals surface area contributed by atoms with Crippen LogP contribution in [0.15, 0.2) is 36.5 Å². The summed E-state index contributed by atoms with van der Waals surface area (Å²) in [5.41, 5.74) is 1.61. The molecule has 0 saturated carbocycles. The van der Waals surface area contributed by atoms with Crippen LogP contribution in [0.5, 0.6) is 17.2 Å². The third-order valence-electron chi connectivity index (χ3n) is 3.48. The third kappa shape index (κ3) is 2.76. The molecule has 124 valence electrons. The number of aromatic nitrogens is 2. The molecule has 0 aliphatic heterocycles. The van der Waals surface area contributed by atoms with E-state index in [1.54, 1.807) is 0 Å². The van der Waals surface area contributed by atoms with Gasteiger partial charge in [-0.1, -0.05) is 12.1 Å². The van der Waals surface area contributed by atoms with Crippen LogP contribution in [0.4, 0.5) is 15.9 Å². The van der Waals surface area contributed by atoms with Gasteiger partial charge >= 0.3 is 0 Å². The largest absolute Gasteiger partial charge is 0.493 e. The first-order chi connectivity index (χ1) is 11.7. The van der Waals surface area contributed by atoms with Crippen molar-refractivity contribution in [1.82, 2.24) is 9.97 Å². The lowest BCUT2D eigenvalue weighted by Crippen LogP contribution is -2.03. The fourth-order valence-electron chi connectivity index (χ4n) is 2.37. The molecular weight excluding hydrogens is 313 g/mol. The predicted molar refractivity (Wildman–Crippen MR) is 88.9 cm³/mol. The van der Waals surface area contributed by atoms with Gasteiger partial charge in [0.2, 0.25) is 11.5 Å². The Morgan fingerprint density at radius 2 is 1.67 bits per heavy atom. The van der Waals surface area contributed by atoms with E-state index in [1.165, 1.54) is 33.6 Å². The molecule has 0 spiro atoms. The highest BCUT2D eigenvalue weighted by molar-refractivity contribution is 5.76. The third-order valence-corrected chi connectivity index (χ3v) is 3.48. The molecule has 0 bridgehead atoms. The van der Waals surface area contributed by atoms with Gasteiger partial charge in [-0.05, 0) is 12.1 Å². The molecule has 0 atom stereocenters. The fourth-order valence-corrected chi connectivity index (χ4v) is 2.37. The summed E-state index contributed by atoms with van der Waals surface area (Å²) >= 11 is 0. The molecule has 7 heteroatoms. The average Bonchev–Trinajstić information content (AvgIpc) is 2.62. The molecule has 2 aromatic carbocycles. The Morgan fingerprint density at radius 1 is 0.958 bits per heavy atom. The van der Waals surface area contributed by atoms with Gasteiger partial charge in [0, 0.05) is 6.07 Å². The van der Waals surface area contributed by atoms with Crippen molar-refractivity contribution in [1.29, 1.82) is 0 Å². The molecule has 1 aromatic heterocycles. The van der Waals surface area contributed by atoms with E-state index in [1.807, 2.05) is 24.3 Å². The number of methoxy groups -OCH3 is 3. The zero-order chi connectivity index (χ0) is 17.1. The van der Waals surface area contributed by atoms with E-state index in [0.717, 1.165) is 5.52 Å². The number of nitrogens with zero attached hydrogens (tertiary/aromatic N) is 2. The van der Waals surface area contributed by atoms with Crippen molar-refractivity contribution in [2.75, 3.05) is 26.6 Å². The molecule has 0 aliphatic carbocycles. The molecule has 0 fully saturated rings. The van der Waals surface area contributed by atoms with Gasteiger partial charge in [-0.25, -0.2) is 9.37 Å². The number of halogens is 1. The maximum absolute atomic E-state index is 14.7. The van der Waals surface area contributed by atoms with Crippen molar-refractivity contribution < 1.29 is 18.6 Å². The van der Waals surface area contributed by atoms with Crippen LogP contribution < -0.4 is 19.5 Å². The molecule has 3 aromatic rings. The van der Waals surface area contributed by atoms with Gasteiger partial charge in [0.05, 0.1) is 44.2 Å². The highest BCUT2D eigenvalue weighted by Gasteiger charge is 2.21. The normalized spacial score (nSPS) is 10.5. The second kappa shape index (κ2) is 6.57. The number of para-hydroxylation sites is 2. The number of hydrogen-bond acceptors (Lipinski definition) is 6. The van der Waals surface area contributed by atoms with Crippen molar-refractivity contribution in [2.24, 2.45) is 0 Å². The standard InChI is InChI=1S/C17H16FN3O3/c1-22-13-8-12(15(18)17(24-3)16(13)23-2)21-14-9-19-10-6-4-5-7-11(10)20-14/h4-9H,1-3H3,(H,20,21). The molecule has 1 N–H and O–H groups in total. The van der Waals surface area contributed by atoms with Crippen LogP contribution in [0, 0.1) is 5.82 Å². The Kier molecular flexibility index (Phi) is 4.33. The first-order valence-corrected chi connectivity index (χ1v) is 7.15. The van der Waals surface area contributed by atoms with Crippen molar-refractivity contribution in [3.63, 3.8) is 0 Å². The van der Waals surface area contributed by atoms with Crippen LogP contribution in [-0.2, 0) is 0 Å². The van der Waals surface area contributed by atoms with Crippen molar-refractivity contribution in [3.8, 4) is 17.2 Å².